The fourth-order valence-corrected chi connectivity index (χ4v) is 1.87. The maximum Gasteiger partial charge on any atom is 0.119 e. The highest BCUT2D eigenvalue weighted by Crippen LogP contribution is 2.19. The van der Waals surface area contributed by atoms with E-state index in [0.29, 0.717) is 0 Å². The SMILES string of the molecule is CCSCCOc1ccc([C@H](O)CC)cc1. The van der Waals surface area contributed by atoms with Crippen molar-refractivity contribution in [2.75, 3.05) is 18.1 Å². The predicted octanol–water partition coefficient (Wildman–Crippen LogP) is 3.26. The van der Waals surface area contributed by atoms with Gasteiger partial charge in [-0.2, -0.15) is 11.8 Å². The van der Waals surface area contributed by atoms with Crippen LogP contribution < -0.4 is 4.74 Å². The minimum Gasteiger partial charge on any atom is -0.493 e. The van der Waals surface area contributed by atoms with E-state index >= 15 is 0 Å². The van der Waals surface area contributed by atoms with Gasteiger partial charge in [-0.1, -0.05) is 26.0 Å². The van der Waals surface area contributed by atoms with Crippen LogP contribution in [0.4, 0.5) is 0 Å². The maximum atomic E-state index is 9.62. The maximum absolute atomic E-state index is 9.62. The summed E-state index contributed by atoms with van der Waals surface area (Å²) >= 11 is 1.87. The molecule has 0 bridgehead atoms. The molecule has 16 heavy (non-hydrogen) atoms. The Kier molecular flexibility index (Phi) is 6.34. The average Bonchev–Trinajstić information content (AvgIpc) is 2.34. The zero-order chi connectivity index (χ0) is 11.8. The molecule has 0 saturated heterocycles. The van der Waals surface area contributed by atoms with Crippen molar-refractivity contribution in [1.82, 2.24) is 0 Å². The number of ether oxygens (including phenoxy) is 1. The van der Waals surface area contributed by atoms with Crippen LogP contribution in [0.2, 0.25) is 0 Å². The van der Waals surface area contributed by atoms with Gasteiger partial charge in [-0.25, -0.2) is 0 Å². The lowest BCUT2D eigenvalue weighted by Gasteiger charge is -2.09. The zero-order valence-electron chi connectivity index (χ0n) is 9.98. The van der Waals surface area contributed by atoms with E-state index in [9.17, 15) is 5.11 Å². The summed E-state index contributed by atoms with van der Waals surface area (Å²) in [6, 6.07) is 7.70. The predicted molar refractivity (Wildman–Crippen MR) is 70.2 cm³/mol. The van der Waals surface area contributed by atoms with Crippen molar-refractivity contribution in [3.8, 4) is 5.75 Å². The van der Waals surface area contributed by atoms with Crippen LogP contribution in [-0.2, 0) is 0 Å². The summed E-state index contributed by atoms with van der Waals surface area (Å²) in [5.74, 6) is 3.03. The van der Waals surface area contributed by atoms with Crippen LogP contribution in [0.3, 0.4) is 0 Å². The Morgan fingerprint density at radius 3 is 2.50 bits per heavy atom. The molecule has 3 heteroatoms. The number of hydrogen-bond donors (Lipinski definition) is 1. The van der Waals surface area contributed by atoms with E-state index in [1.807, 2.05) is 43.0 Å². The van der Waals surface area contributed by atoms with Crippen LogP contribution >= 0.6 is 11.8 Å². The molecule has 0 unspecified atom stereocenters. The van der Waals surface area contributed by atoms with Gasteiger partial charge in [-0.3, -0.25) is 0 Å². The molecule has 0 aliphatic heterocycles. The molecule has 1 aromatic rings. The zero-order valence-corrected chi connectivity index (χ0v) is 10.8. The quantitative estimate of drug-likeness (QED) is 0.742. The van der Waals surface area contributed by atoms with Crippen LogP contribution in [0.1, 0.15) is 31.9 Å². The first-order valence-corrected chi connectivity index (χ1v) is 6.92. The van der Waals surface area contributed by atoms with Crippen molar-refractivity contribution in [2.45, 2.75) is 26.4 Å². The summed E-state index contributed by atoms with van der Waals surface area (Å²) in [5.41, 5.74) is 0.956. The number of hydrogen-bond acceptors (Lipinski definition) is 3. The molecule has 90 valence electrons. The standard InChI is InChI=1S/C13H20O2S/c1-3-13(14)11-5-7-12(8-6-11)15-9-10-16-4-2/h5-8,13-14H,3-4,9-10H2,1-2H3/t13-/m1/s1. The molecule has 0 aliphatic carbocycles. The summed E-state index contributed by atoms with van der Waals surface area (Å²) in [6.07, 6.45) is 0.387. The van der Waals surface area contributed by atoms with Crippen molar-refractivity contribution in [2.24, 2.45) is 0 Å². The molecular formula is C13H20O2S. The Balaban J connectivity index is 2.39. The lowest BCUT2D eigenvalue weighted by Crippen LogP contribution is -2.01. The monoisotopic (exact) mass is 240 g/mol. The summed E-state index contributed by atoms with van der Waals surface area (Å²) in [7, 11) is 0. The van der Waals surface area contributed by atoms with Crippen molar-refractivity contribution >= 4 is 11.8 Å². The lowest BCUT2D eigenvalue weighted by molar-refractivity contribution is 0.173. The second-order valence-corrected chi connectivity index (χ2v) is 4.93. The second-order valence-electron chi connectivity index (χ2n) is 3.54. The van der Waals surface area contributed by atoms with Crippen LogP contribution in [-0.4, -0.2) is 23.2 Å². The van der Waals surface area contributed by atoms with E-state index in [4.69, 9.17) is 4.74 Å². The van der Waals surface area contributed by atoms with Gasteiger partial charge >= 0.3 is 0 Å². The first-order valence-electron chi connectivity index (χ1n) is 5.76. The van der Waals surface area contributed by atoms with E-state index in [0.717, 1.165) is 35.8 Å². The van der Waals surface area contributed by atoms with E-state index < -0.39 is 0 Å². The van der Waals surface area contributed by atoms with E-state index in [-0.39, 0.29) is 6.10 Å². The van der Waals surface area contributed by atoms with Crippen molar-refractivity contribution < 1.29 is 9.84 Å². The minimum absolute atomic E-state index is 0.357. The number of rotatable bonds is 7. The fraction of sp³-hybridized carbons (Fsp3) is 0.538. The highest BCUT2D eigenvalue weighted by molar-refractivity contribution is 7.99. The Bertz CT molecular complexity index is 284. The Labute approximate surface area is 102 Å². The normalized spacial score (nSPS) is 12.4. The lowest BCUT2D eigenvalue weighted by atomic mass is 10.1. The van der Waals surface area contributed by atoms with Crippen LogP contribution in [0.5, 0.6) is 5.75 Å². The topological polar surface area (TPSA) is 29.5 Å². The molecule has 0 fully saturated rings. The van der Waals surface area contributed by atoms with Crippen LogP contribution in [0.15, 0.2) is 24.3 Å². The number of thioether (sulfide) groups is 1. The van der Waals surface area contributed by atoms with Gasteiger partial charge in [-0.15, -0.1) is 0 Å². The van der Waals surface area contributed by atoms with Gasteiger partial charge in [0.2, 0.25) is 0 Å². The number of benzene rings is 1. The Morgan fingerprint density at radius 2 is 1.94 bits per heavy atom. The molecule has 0 spiro atoms. The average molecular weight is 240 g/mol. The van der Waals surface area contributed by atoms with Gasteiger partial charge in [0, 0.05) is 5.75 Å². The Morgan fingerprint density at radius 1 is 1.25 bits per heavy atom. The summed E-state index contributed by atoms with van der Waals surface area (Å²) in [6.45, 7) is 4.86. The number of aliphatic hydroxyl groups excluding tert-OH is 1. The van der Waals surface area contributed by atoms with E-state index in [1.165, 1.54) is 0 Å². The van der Waals surface area contributed by atoms with Gasteiger partial charge in [0.15, 0.2) is 0 Å². The van der Waals surface area contributed by atoms with Crippen molar-refractivity contribution in [3.63, 3.8) is 0 Å². The van der Waals surface area contributed by atoms with Gasteiger partial charge in [0.1, 0.15) is 5.75 Å². The number of aliphatic hydroxyl groups is 1. The highest BCUT2D eigenvalue weighted by atomic mass is 32.2. The summed E-state index contributed by atoms with van der Waals surface area (Å²) < 4.78 is 5.57. The largest absolute Gasteiger partial charge is 0.493 e. The molecule has 0 heterocycles. The molecule has 0 radical (unpaired) electrons. The summed E-state index contributed by atoms with van der Waals surface area (Å²) in [4.78, 5) is 0. The fourth-order valence-electron chi connectivity index (χ4n) is 1.38. The first-order chi connectivity index (χ1) is 7.77. The van der Waals surface area contributed by atoms with E-state index in [2.05, 4.69) is 6.92 Å². The van der Waals surface area contributed by atoms with Gasteiger partial charge in [0.05, 0.1) is 12.7 Å². The Hall–Kier alpha value is -0.670. The third kappa shape index (κ3) is 4.45. The summed E-state index contributed by atoms with van der Waals surface area (Å²) in [5, 5.41) is 9.62. The molecule has 1 rings (SSSR count). The molecule has 0 aliphatic rings. The molecule has 0 amide bonds. The van der Waals surface area contributed by atoms with Gasteiger partial charge < -0.3 is 9.84 Å². The van der Waals surface area contributed by atoms with E-state index in [1.54, 1.807) is 0 Å². The third-order valence-electron chi connectivity index (χ3n) is 2.35. The first kappa shape index (κ1) is 13.4. The third-order valence-corrected chi connectivity index (χ3v) is 3.22. The molecule has 1 atom stereocenters. The van der Waals surface area contributed by atoms with Crippen LogP contribution in [0.25, 0.3) is 0 Å². The highest BCUT2D eigenvalue weighted by Gasteiger charge is 2.03. The second kappa shape index (κ2) is 7.58. The smallest absolute Gasteiger partial charge is 0.119 e. The minimum atomic E-state index is -0.357. The molecule has 1 aromatic carbocycles. The molecule has 0 saturated carbocycles. The molecule has 1 N–H and O–H groups in total. The molecule has 0 aromatic heterocycles. The van der Waals surface area contributed by atoms with Crippen LogP contribution in [0, 0.1) is 0 Å². The van der Waals surface area contributed by atoms with Gasteiger partial charge in [-0.05, 0) is 29.9 Å². The molecule has 2 nitrogen and oxygen atoms in total. The van der Waals surface area contributed by atoms with Gasteiger partial charge in [0.25, 0.3) is 0 Å². The van der Waals surface area contributed by atoms with Crippen molar-refractivity contribution in [3.05, 3.63) is 29.8 Å². The molecular weight excluding hydrogens is 220 g/mol. The van der Waals surface area contributed by atoms with Crippen molar-refractivity contribution in [1.29, 1.82) is 0 Å².